The van der Waals surface area contributed by atoms with E-state index in [2.05, 4.69) is 10.3 Å². The van der Waals surface area contributed by atoms with Crippen molar-refractivity contribution >= 4 is 23.1 Å². The zero-order chi connectivity index (χ0) is 16.2. The molecular formula is C17H19ClFN3O. The van der Waals surface area contributed by atoms with Crippen LogP contribution in [0.5, 0.6) is 0 Å². The predicted octanol–water partition coefficient (Wildman–Crippen LogP) is 3.96. The lowest BCUT2D eigenvalue weighted by atomic mass is 10.00. The first-order valence-corrected chi connectivity index (χ1v) is 8.04. The summed E-state index contributed by atoms with van der Waals surface area (Å²) in [5, 5.41) is 3.75. The molecule has 2 heterocycles. The third kappa shape index (κ3) is 3.92. The molecule has 0 radical (unpaired) electrons. The van der Waals surface area contributed by atoms with Gasteiger partial charge in [-0.15, -0.1) is 0 Å². The van der Waals surface area contributed by atoms with Gasteiger partial charge in [-0.1, -0.05) is 11.6 Å². The van der Waals surface area contributed by atoms with Crippen LogP contribution in [0, 0.1) is 11.7 Å². The number of pyridine rings is 1. The van der Waals surface area contributed by atoms with E-state index in [-0.39, 0.29) is 5.82 Å². The third-order valence-electron chi connectivity index (χ3n) is 4.07. The Balaban J connectivity index is 1.80. The van der Waals surface area contributed by atoms with Gasteiger partial charge < -0.3 is 15.8 Å². The minimum absolute atomic E-state index is 0.310. The number of benzene rings is 1. The molecule has 0 amide bonds. The van der Waals surface area contributed by atoms with Crippen molar-refractivity contribution in [1.29, 1.82) is 0 Å². The molecule has 0 atom stereocenters. The Morgan fingerprint density at radius 3 is 2.83 bits per heavy atom. The molecule has 1 aliphatic heterocycles. The highest BCUT2D eigenvalue weighted by atomic mass is 35.5. The topological polar surface area (TPSA) is 60.2 Å². The Labute approximate surface area is 139 Å². The average Bonchev–Trinajstić information content (AvgIpc) is 2.57. The summed E-state index contributed by atoms with van der Waals surface area (Å²) >= 11 is 6.13. The van der Waals surface area contributed by atoms with Crippen LogP contribution >= 0.6 is 11.6 Å². The fourth-order valence-electron chi connectivity index (χ4n) is 2.72. The second kappa shape index (κ2) is 7.15. The maximum Gasteiger partial charge on any atom is 0.131 e. The first kappa shape index (κ1) is 16.0. The van der Waals surface area contributed by atoms with Gasteiger partial charge in [-0.05, 0) is 43.0 Å². The van der Waals surface area contributed by atoms with E-state index >= 15 is 0 Å². The fraction of sp³-hybridized carbons (Fsp3) is 0.353. The third-order valence-corrected chi connectivity index (χ3v) is 4.37. The second-order valence-corrected chi connectivity index (χ2v) is 6.13. The number of hydrogen-bond acceptors (Lipinski definition) is 4. The summed E-state index contributed by atoms with van der Waals surface area (Å²) in [5.74, 6) is 0.552. The van der Waals surface area contributed by atoms with E-state index in [1.165, 1.54) is 12.3 Å². The molecule has 2 aromatic rings. The summed E-state index contributed by atoms with van der Waals surface area (Å²) in [6.07, 6.45) is 3.54. The molecule has 0 unspecified atom stereocenters. The molecule has 1 fully saturated rings. The maximum atomic E-state index is 14.2. The molecule has 4 nitrogen and oxygen atoms in total. The van der Waals surface area contributed by atoms with E-state index in [1.807, 2.05) is 0 Å². The first-order valence-electron chi connectivity index (χ1n) is 7.66. The number of nitrogens with two attached hydrogens (primary N) is 1. The van der Waals surface area contributed by atoms with Crippen LogP contribution in [0.25, 0.3) is 11.1 Å². The van der Waals surface area contributed by atoms with Crippen molar-refractivity contribution in [1.82, 2.24) is 4.98 Å². The van der Waals surface area contributed by atoms with Crippen molar-refractivity contribution in [2.75, 3.05) is 30.8 Å². The molecule has 3 rings (SSSR count). The Morgan fingerprint density at radius 2 is 2.04 bits per heavy atom. The van der Waals surface area contributed by atoms with E-state index in [0.29, 0.717) is 27.9 Å². The number of nitrogens with one attached hydrogen (secondary N) is 1. The van der Waals surface area contributed by atoms with Crippen LogP contribution in [0.4, 0.5) is 15.9 Å². The molecule has 23 heavy (non-hydrogen) atoms. The predicted molar refractivity (Wildman–Crippen MR) is 91.1 cm³/mol. The lowest BCUT2D eigenvalue weighted by Crippen LogP contribution is -2.22. The number of halogens is 2. The van der Waals surface area contributed by atoms with Gasteiger partial charge in [-0.25, -0.2) is 9.37 Å². The van der Waals surface area contributed by atoms with Gasteiger partial charge in [0.25, 0.3) is 0 Å². The molecule has 122 valence electrons. The smallest absolute Gasteiger partial charge is 0.131 e. The lowest BCUT2D eigenvalue weighted by Gasteiger charge is -2.22. The van der Waals surface area contributed by atoms with Crippen molar-refractivity contribution in [3.8, 4) is 11.1 Å². The summed E-state index contributed by atoms with van der Waals surface area (Å²) < 4.78 is 19.6. The molecule has 0 bridgehead atoms. The fourth-order valence-corrected chi connectivity index (χ4v) is 2.92. The lowest BCUT2D eigenvalue weighted by molar-refractivity contribution is 0.0699. The number of ether oxygens (including phenoxy) is 1. The minimum atomic E-state index is -0.339. The van der Waals surface area contributed by atoms with E-state index in [9.17, 15) is 4.39 Å². The standard InChI is InChI=1S/C17H19ClFN3O/c18-15-10-22-17(20)8-13(15)14-7-12(1-2-16(14)19)21-9-11-3-5-23-6-4-11/h1-2,7-8,10-11,21H,3-6,9H2,(H2,20,22). The van der Waals surface area contributed by atoms with Crippen molar-refractivity contribution in [3.63, 3.8) is 0 Å². The van der Waals surface area contributed by atoms with Crippen LogP contribution in [0.3, 0.4) is 0 Å². The van der Waals surface area contributed by atoms with Gasteiger partial charge in [0, 0.05) is 42.8 Å². The van der Waals surface area contributed by atoms with Crippen molar-refractivity contribution in [2.24, 2.45) is 5.92 Å². The number of nitrogens with zero attached hydrogens (tertiary/aromatic N) is 1. The average molecular weight is 336 g/mol. The SMILES string of the molecule is Nc1cc(-c2cc(NCC3CCOCC3)ccc2F)c(Cl)cn1. The van der Waals surface area contributed by atoms with E-state index in [0.717, 1.165) is 38.3 Å². The van der Waals surface area contributed by atoms with Gasteiger partial charge in [-0.2, -0.15) is 0 Å². The Morgan fingerprint density at radius 1 is 1.26 bits per heavy atom. The summed E-state index contributed by atoms with van der Waals surface area (Å²) in [6, 6.07) is 6.52. The van der Waals surface area contributed by atoms with Crippen molar-refractivity contribution in [3.05, 3.63) is 41.3 Å². The summed E-state index contributed by atoms with van der Waals surface area (Å²) in [5.41, 5.74) is 7.52. The molecule has 1 saturated heterocycles. The van der Waals surface area contributed by atoms with Crippen LogP contribution in [-0.4, -0.2) is 24.7 Å². The molecule has 0 saturated carbocycles. The van der Waals surface area contributed by atoms with Crippen LogP contribution < -0.4 is 11.1 Å². The number of nitrogen functional groups attached to an aromatic ring is 1. The molecule has 0 spiro atoms. The first-order chi connectivity index (χ1) is 11.1. The molecule has 1 aliphatic rings. The Kier molecular flexibility index (Phi) is 4.98. The minimum Gasteiger partial charge on any atom is -0.385 e. The maximum absolute atomic E-state index is 14.2. The van der Waals surface area contributed by atoms with Crippen molar-refractivity contribution < 1.29 is 9.13 Å². The largest absolute Gasteiger partial charge is 0.385 e. The number of anilines is 2. The zero-order valence-corrected chi connectivity index (χ0v) is 13.4. The summed E-state index contributed by atoms with van der Waals surface area (Å²) in [4.78, 5) is 3.91. The van der Waals surface area contributed by atoms with Crippen LogP contribution in [0.15, 0.2) is 30.5 Å². The highest BCUT2D eigenvalue weighted by molar-refractivity contribution is 6.33. The highest BCUT2D eigenvalue weighted by Crippen LogP contribution is 2.32. The van der Waals surface area contributed by atoms with Crippen LogP contribution in [0.2, 0.25) is 5.02 Å². The van der Waals surface area contributed by atoms with Gasteiger partial charge in [0.05, 0.1) is 5.02 Å². The summed E-state index contributed by atoms with van der Waals surface area (Å²) in [6.45, 7) is 2.47. The zero-order valence-electron chi connectivity index (χ0n) is 12.7. The Bertz CT molecular complexity index is 690. The van der Waals surface area contributed by atoms with E-state index < -0.39 is 0 Å². The Hall–Kier alpha value is -1.85. The second-order valence-electron chi connectivity index (χ2n) is 5.72. The summed E-state index contributed by atoms with van der Waals surface area (Å²) in [7, 11) is 0. The van der Waals surface area contributed by atoms with Gasteiger partial charge >= 0.3 is 0 Å². The molecule has 6 heteroatoms. The quantitative estimate of drug-likeness (QED) is 0.887. The number of hydrogen-bond donors (Lipinski definition) is 2. The molecule has 0 aliphatic carbocycles. The molecular weight excluding hydrogens is 317 g/mol. The van der Waals surface area contributed by atoms with Crippen molar-refractivity contribution in [2.45, 2.75) is 12.8 Å². The van der Waals surface area contributed by atoms with E-state index in [1.54, 1.807) is 18.2 Å². The number of aromatic nitrogens is 1. The molecule has 1 aromatic heterocycles. The van der Waals surface area contributed by atoms with Gasteiger partial charge in [0.2, 0.25) is 0 Å². The van der Waals surface area contributed by atoms with Gasteiger partial charge in [-0.3, -0.25) is 0 Å². The molecule has 3 N–H and O–H groups in total. The molecule has 1 aromatic carbocycles. The van der Waals surface area contributed by atoms with Gasteiger partial charge in [0.1, 0.15) is 11.6 Å². The van der Waals surface area contributed by atoms with Crippen LogP contribution in [-0.2, 0) is 4.74 Å². The highest BCUT2D eigenvalue weighted by Gasteiger charge is 2.15. The van der Waals surface area contributed by atoms with Gasteiger partial charge in [0.15, 0.2) is 0 Å². The number of rotatable bonds is 4. The monoisotopic (exact) mass is 335 g/mol. The van der Waals surface area contributed by atoms with Crippen LogP contribution in [0.1, 0.15) is 12.8 Å². The van der Waals surface area contributed by atoms with E-state index in [4.69, 9.17) is 22.1 Å². The normalized spacial score (nSPS) is 15.6.